The maximum absolute atomic E-state index is 13.4. The summed E-state index contributed by atoms with van der Waals surface area (Å²) in [4.78, 5) is 23.5. The first kappa shape index (κ1) is 25.2. The first-order chi connectivity index (χ1) is 15.1. The van der Waals surface area contributed by atoms with Crippen LogP contribution in [-0.2, 0) is 4.79 Å². The summed E-state index contributed by atoms with van der Waals surface area (Å²) in [6.07, 6.45) is 0.819. The lowest BCUT2D eigenvalue weighted by Gasteiger charge is -2.12. The number of aromatic nitrogens is 2. The highest BCUT2D eigenvalue weighted by molar-refractivity contribution is 5.95. The number of rotatable bonds is 11. The molecule has 174 valence electrons. The number of benzene rings is 1. The average Bonchev–Trinajstić information content (AvgIpc) is 3.10. The monoisotopic (exact) mass is 447 g/mol. The quantitative estimate of drug-likeness (QED) is 0.420. The lowest BCUT2D eigenvalue weighted by Crippen LogP contribution is -2.25. The highest BCUT2D eigenvalue weighted by Gasteiger charge is 2.24. The van der Waals surface area contributed by atoms with Gasteiger partial charge in [-0.1, -0.05) is 26.8 Å². The second-order valence-electron chi connectivity index (χ2n) is 7.86. The van der Waals surface area contributed by atoms with Crippen LogP contribution < -0.4 is 5.32 Å². The molecule has 1 aromatic carbocycles. The van der Waals surface area contributed by atoms with Crippen LogP contribution >= 0.6 is 0 Å². The second kappa shape index (κ2) is 11.5. The lowest BCUT2D eigenvalue weighted by atomic mass is 9.98. The van der Waals surface area contributed by atoms with E-state index in [0.29, 0.717) is 23.5 Å². The predicted octanol–water partition coefficient (Wildman–Crippen LogP) is 2.87. The van der Waals surface area contributed by atoms with Gasteiger partial charge in [0.05, 0.1) is 30.0 Å². The minimum Gasteiger partial charge on any atom is -0.481 e. The van der Waals surface area contributed by atoms with Gasteiger partial charge < -0.3 is 20.6 Å². The Morgan fingerprint density at radius 3 is 2.44 bits per heavy atom. The van der Waals surface area contributed by atoms with Gasteiger partial charge in [0.15, 0.2) is 5.69 Å². The van der Waals surface area contributed by atoms with Crippen LogP contribution in [0.1, 0.15) is 67.7 Å². The van der Waals surface area contributed by atoms with Gasteiger partial charge in [-0.3, -0.25) is 9.59 Å². The third-order valence-corrected chi connectivity index (χ3v) is 4.76. The molecule has 32 heavy (non-hydrogen) atoms. The van der Waals surface area contributed by atoms with Crippen molar-refractivity contribution in [2.45, 2.75) is 58.2 Å². The van der Waals surface area contributed by atoms with Crippen molar-refractivity contribution in [3.8, 4) is 5.69 Å². The summed E-state index contributed by atoms with van der Waals surface area (Å²) in [6.45, 7) is 6.25. The maximum Gasteiger partial charge on any atom is 0.305 e. The highest BCUT2D eigenvalue weighted by atomic mass is 19.1. The number of hydrogen-bond acceptors (Lipinski definition) is 5. The van der Waals surface area contributed by atoms with Gasteiger partial charge in [0.2, 0.25) is 0 Å². The number of halogens is 1. The van der Waals surface area contributed by atoms with Crippen molar-refractivity contribution in [1.82, 2.24) is 15.1 Å². The number of nitrogens with one attached hydrogen (secondary N) is 1. The van der Waals surface area contributed by atoms with E-state index in [4.69, 9.17) is 5.11 Å². The van der Waals surface area contributed by atoms with E-state index < -0.39 is 30.4 Å². The number of aliphatic hydroxyl groups is 2. The van der Waals surface area contributed by atoms with Crippen LogP contribution in [-0.4, -0.2) is 55.7 Å². The molecule has 0 fully saturated rings. The number of nitrogens with zero attached hydrogens (tertiary/aromatic N) is 2. The molecule has 4 N–H and O–H groups in total. The SMILES string of the molecule is CCCNC(=O)c1nn(-c2ccc(F)cc2)c(/C=C/[C@H](O)C[C@@H](O)CC(=O)O)c1C(C)C. The van der Waals surface area contributed by atoms with Crippen molar-refractivity contribution in [1.29, 1.82) is 0 Å². The van der Waals surface area contributed by atoms with E-state index in [-0.39, 0.29) is 23.9 Å². The minimum absolute atomic E-state index is 0.0963. The van der Waals surface area contributed by atoms with Crippen LogP contribution in [0.25, 0.3) is 11.8 Å². The van der Waals surface area contributed by atoms with E-state index in [1.807, 2.05) is 20.8 Å². The Hall–Kier alpha value is -3.04. The third kappa shape index (κ3) is 6.73. The second-order valence-corrected chi connectivity index (χ2v) is 7.86. The lowest BCUT2D eigenvalue weighted by molar-refractivity contribution is -0.139. The van der Waals surface area contributed by atoms with Crippen LogP contribution in [0.3, 0.4) is 0 Å². The molecular formula is C23H30FN3O5. The Bertz CT molecular complexity index is 953. The maximum atomic E-state index is 13.4. The van der Waals surface area contributed by atoms with Crippen molar-refractivity contribution in [3.05, 3.63) is 53.1 Å². The Balaban J connectivity index is 2.49. The molecule has 0 radical (unpaired) electrons. The molecule has 2 atom stereocenters. The molecule has 1 heterocycles. The molecule has 2 rings (SSSR count). The van der Waals surface area contributed by atoms with Crippen LogP contribution in [0.15, 0.2) is 30.3 Å². The molecule has 2 aromatic rings. The molecular weight excluding hydrogens is 417 g/mol. The molecule has 0 saturated heterocycles. The van der Waals surface area contributed by atoms with E-state index in [1.54, 1.807) is 6.08 Å². The molecule has 0 bridgehead atoms. The van der Waals surface area contributed by atoms with Crippen LogP contribution in [0.4, 0.5) is 4.39 Å². The van der Waals surface area contributed by atoms with Gasteiger partial charge in [0.25, 0.3) is 5.91 Å². The predicted molar refractivity (Wildman–Crippen MR) is 118 cm³/mol. The molecule has 1 aromatic heterocycles. The number of hydrogen-bond donors (Lipinski definition) is 4. The molecule has 0 saturated carbocycles. The summed E-state index contributed by atoms with van der Waals surface area (Å²) in [6, 6.07) is 5.63. The van der Waals surface area contributed by atoms with E-state index in [0.717, 1.165) is 6.42 Å². The van der Waals surface area contributed by atoms with Crippen molar-refractivity contribution in [3.63, 3.8) is 0 Å². The summed E-state index contributed by atoms with van der Waals surface area (Å²) in [5, 5.41) is 36.1. The third-order valence-electron chi connectivity index (χ3n) is 4.76. The molecule has 0 aliphatic heterocycles. The number of carbonyl (C=O) groups excluding carboxylic acids is 1. The van der Waals surface area contributed by atoms with E-state index in [9.17, 15) is 24.2 Å². The summed E-state index contributed by atoms with van der Waals surface area (Å²) < 4.78 is 14.9. The molecule has 1 amide bonds. The average molecular weight is 448 g/mol. The number of carbonyl (C=O) groups is 2. The van der Waals surface area contributed by atoms with Gasteiger partial charge in [0.1, 0.15) is 5.82 Å². The number of aliphatic hydroxyl groups excluding tert-OH is 2. The standard InChI is InChI=1S/C23H30FN3O5/c1-4-11-25-23(32)22-21(14(2)3)19(10-9-17(28)12-18(29)13-20(30)31)27(26-22)16-7-5-15(24)6-8-16/h5-10,14,17-18,28-29H,4,11-13H2,1-3H3,(H,25,32)(H,30,31)/b10-9+/t17-,18+/m0/s1. The zero-order chi connectivity index (χ0) is 23.8. The van der Waals surface area contributed by atoms with Gasteiger partial charge >= 0.3 is 5.97 Å². The fourth-order valence-electron chi connectivity index (χ4n) is 3.29. The minimum atomic E-state index is -1.20. The topological polar surface area (TPSA) is 125 Å². The van der Waals surface area contributed by atoms with Crippen LogP contribution in [0.5, 0.6) is 0 Å². The molecule has 0 spiro atoms. The smallest absolute Gasteiger partial charge is 0.305 e. The summed E-state index contributed by atoms with van der Waals surface area (Å²) in [7, 11) is 0. The zero-order valence-corrected chi connectivity index (χ0v) is 18.5. The van der Waals surface area contributed by atoms with Crippen molar-refractivity contribution in [2.75, 3.05) is 6.54 Å². The van der Waals surface area contributed by atoms with Gasteiger partial charge in [-0.15, -0.1) is 0 Å². The van der Waals surface area contributed by atoms with Gasteiger partial charge in [-0.2, -0.15) is 5.10 Å². The zero-order valence-electron chi connectivity index (χ0n) is 18.5. The number of aliphatic carboxylic acids is 1. The van der Waals surface area contributed by atoms with Gasteiger partial charge in [-0.05, 0) is 42.7 Å². The first-order valence-corrected chi connectivity index (χ1v) is 10.6. The largest absolute Gasteiger partial charge is 0.481 e. The Morgan fingerprint density at radius 1 is 1.22 bits per heavy atom. The molecule has 8 nitrogen and oxygen atoms in total. The number of carboxylic acid groups (broad SMARTS) is 1. The number of amides is 1. The molecule has 0 unspecified atom stereocenters. The molecule has 9 heteroatoms. The Labute approximate surface area is 186 Å². The van der Waals surface area contributed by atoms with Crippen molar-refractivity contribution < 1.29 is 29.3 Å². The van der Waals surface area contributed by atoms with Crippen molar-refractivity contribution >= 4 is 18.0 Å². The summed E-state index contributed by atoms with van der Waals surface area (Å²) in [5.74, 6) is -2.00. The molecule has 0 aliphatic carbocycles. The van der Waals surface area contributed by atoms with E-state index >= 15 is 0 Å². The fraction of sp³-hybridized carbons (Fsp3) is 0.435. The normalized spacial score (nSPS) is 13.5. The number of carboxylic acids is 1. The fourth-order valence-corrected chi connectivity index (χ4v) is 3.29. The van der Waals surface area contributed by atoms with E-state index in [2.05, 4.69) is 10.4 Å². The summed E-state index contributed by atoms with van der Waals surface area (Å²) in [5.41, 5.74) is 1.94. The van der Waals surface area contributed by atoms with Gasteiger partial charge in [0, 0.05) is 18.5 Å². The van der Waals surface area contributed by atoms with Crippen LogP contribution in [0.2, 0.25) is 0 Å². The first-order valence-electron chi connectivity index (χ1n) is 10.6. The Kier molecular flexibility index (Phi) is 9.10. The highest BCUT2D eigenvalue weighted by Crippen LogP contribution is 2.28. The molecule has 0 aliphatic rings. The van der Waals surface area contributed by atoms with Gasteiger partial charge in [-0.25, -0.2) is 9.07 Å². The van der Waals surface area contributed by atoms with Crippen LogP contribution in [0, 0.1) is 5.82 Å². The van der Waals surface area contributed by atoms with E-state index in [1.165, 1.54) is 35.0 Å². The Morgan fingerprint density at radius 2 is 1.88 bits per heavy atom. The summed E-state index contributed by atoms with van der Waals surface area (Å²) >= 11 is 0. The van der Waals surface area contributed by atoms with Crippen molar-refractivity contribution in [2.24, 2.45) is 0 Å².